The molecule has 4 nitrogen and oxygen atoms in total. The summed E-state index contributed by atoms with van der Waals surface area (Å²) in [6.45, 7) is 5.76. The maximum Gasteiger partial charge on any atom is 0.147 e. The summed E-state index contributed by atoms with van der Waals surface area (Å²) in [5, 5.41) is 3.11. The highest BCUT2D eigenvalue weighted by atomic mass is 16.1. The lowest BCUT2D eigenvalue weighted by molar-refractivity contribution is -0.114. The number of anilines is 1. The average molecular weight is 237 g/mol. The number of carbonyl (C=O) groups excluding carboxylic acids is 1. The van der Waals surface area contributed by atoms with Gasteiger partial charge in [-0.2, -0.15) is 0 Å². The molecule has 0 spiro atoms. The molecule has 17 heavy (non-hydrogen) atoms. The smallest absolute Gasteiger partial charge is 0.147 e. The molecule has 0 bridgehead atoms. The molecule has 1 fully saturated rings. The van der Waals surface area contributed by atoms with Crippen LogP contribution in [-0.4, -0.2) is 42.9 Å². The molecule has 0 saturated carbocycles. The van der Waals surface area contributed by atoms with Gasteiger partial charge in [0, 0.05) is 26.3 Å². The third kappa shape index (κ3) is 2.52. The minimum Gasteiger partial charge on any atom is -0.375 e. The quantitative estimate of drug-likeness (QED) is 0.814. The number of aldehydes is 1. The van der Waals surface area contributed by atoms with E-state index in [1.54, 1.807) is 0 Å². The monoisotopic (exact) mass is 237 g/mol. The second-order valence-electron chi connectivity index (χ2n) is 4.22. The van der Waals surface area contributed by atoms with Crippen LogP contribution >= 0.6 is 0 Å². The molecule has 1 saturated heterocycles. The van der Waals surface area contributed by atoms with Gasteiger partial charge in [0.2, 0.25) is 0 Å². The highest BCUT2D eigenvalue weighted by molar-refractivity contribution is 5.65. The average Bonchev–Trinajstić information content (AvgIpc) is 2.98. The Bertz CT molecular complexity index is 361. The first-order chi connectivity index (χ1) is 8.22. The van der Waals surface area contributed by atoms with Gasteiger partial charge < -0.3 is 19.6 Å². The highest BCUT2D eigenvalue weighted by Crippen LogP contribution is 2.29. The molecule has 1 N–H and O–H groups in total. The van der Waals surface area contributed by atoms with Gasteiger partial charge in [-0.1, -0.05) is 13.8 Å². The van der Waals surface area contributed by atoms with Gasteiger partial charge >= 0.3 is 0 Å². The lowest BCUT2D eigenvalue weighted by Gasteiger charge is -2.26. The largest absolute Gasteiger partial charge is 0.375 e. The molecular weight excluding hydrogens is 214 g/mol. The van der Waals surface area contributed by atoms with Gasteiger partial charge in [0.15, 0.2) is 0 Å². The molecular formula is C13H23N3O. The third-order valence-corrected chi connectivity index (χ3v) is 3.17. The van der Waals surface area contributed by atoms with Crippen LogP contribution in [-0.2, 0) is 10.3 Å². The Morgan fingerprint density at radius 2 is 2.18 bits per heavy atom. The Morgan fingerprint density at radius 1 is 1.47 bits per heavy atom. The van der Waals surface area contributed by atoms with E-state index in [0.29, 0.717) is 0 Å². The summed E-state index contributed by atoms with van der Waals surface area (Å²) in [5.74, 6) is 0.998. The number of hydrogen-bond donors (Lipinski definition) is 1. The van der Waals surface area contributed by atoms with E-state index in [0.717, 1.165) is 31.6 Å². The lowest BCUT2D eigenvalue weighted by Crippen LogP contribution is -2.38. The molecule has 0 radical (unpaired) electrons. The van der Waals surface area contributed by atoms with Crippen LogP contribution in [0.1, 0.15) is 20.3 Å². The molecule has 4 heteroatoms. The van der Waals surface area contributed by atoms with Crippen LogP contribution in [0.25, 0.3) is 0 Å². The number of nitrogens with one attached hydrogen (secondary N) is 1. The van der Waals surface area contributed by atoms with Crippen molar-refractivity contribution in [1.29, 1.82) is 0 Å². The number of hydrogen-bond acceptors (Lipinski definition) is 3. The Labute approximate surface area is 104 Å². The molecule has 96 valence electrons. The Hall–Kier alpha value is -1.29. The number of rotatable bonds is 3. The fourth-order valence-electron chi connectivity index (χ4n) is 2.33. The Morgan fingerprint density at radius 3 is 2.65 bits per heavy atom. The molecule has 0 aromatic carbocycles. The van der Waals surface area contributed by atoms with Crippen LogP contribution in [0.2, 0.25) is 0 Å². The van der Waals surface area contributed by atoms with Crippen molar-refractivity contribution in [3.8, 4) is 0 Å². The van der Waals surface area contributed by atoms with E-state index < -0.39 is 0 Å². The van der Waals surface area contributed by atoms with Crippen molar-refractivity contribution in [1.82, 2.24) is 9.47 Å². The number of aromatic nitrogens is 1. The molecule has 1 aromatic heterocycles. The number of carbonyl (C=O) groups is 1. The molecule has 2 heterocycles. The van der Waals surface area contributed by atoms with Crippen molar-refractivity contribution in [2.24, 2.45) is 0 Å². The van der Waals surface area contributed by atoms with Crippen LogP contribution in [0.4, 0.5) is 5.82 Å². The van der Waals surface area contributed by atoms with Crippen LogP contribution in [0, 0.1) is 0 Å². The highest BCUT2D eigenvalue weighted by Gasteiger charge is 2.38. The number of likely N-dealkylation sites (N-methyl/N-ethyl adjacent to an activating group) is 1. The SMILES string of the molecule is CC.CNc1cccn1C1(C=O)CCN(C)C1. The zero-order chi connectivity index (χ0) is 12.9. The summed E-state index contributed by atoms with van der Waals surface area (Å²) in [4.78, 5) is 13.6. The van der Waals surface area contributed by atoms with Gasteiger partial charge in [0.25, 0.3) is 0 Å². The molecule has 2 rings (SSSR count). The molecule has 1 unspecified atom stereocenters. The molecule has 1 aliphatic heterocycles. The van der Waals surface area contributed by atoms with E-state index in [9.17, 15) is 4.79 Å². The summed E-state index contributed by atoms with van der Waals surface area (Å²) in [5.41, 5.74) is -0.378. The molecule has 0 amide bonds. The Kier molecular flexibility index (Phi) is 4.75. The number of nitrogens with zero attached hydrogens (tertiary/aromatic N) is 2. The van der Waals surface area contributed by atoms with E-state index >= 15 is 0 Å². The minimum absolute atomic E-state index is 0.378. The van der Waals surface area contributed by atoms with Crippen LogP contribution < -0.4 is 5.32 Å². The normalized spacial score (nSPS) is 24.0. The molecule has 1 aromatic rings. The van der Waals surface area contributed by atoms with Gasteiger partial charge in [0.1, 0.15) is 17.6 Å². The lowest BCUT2D eigenvalue weighted by atomic mass is 10.0. The van der Waals surface area contributed by atoms with Gasteiger partial charge in [0.05, 0.1) is 0 Å². The van der Waals surface area contributed by atoms with Gasteiger partial charge in [-0.15, -0.1) is 0 Å². The van der Waals surface area contributed by atoms with Crippen molar-refractivity contribution < 1.29 is 4.79 Å². The standard InChI is InChI=1S/C11H17N3O.C2H6/c1-12-10-4-3-6-14(10)11(9-15)5-7-13(2)8-11;1-2/h3-4,6,9,12H,5,7-8H2,1-2H3;1-2H3. The van der Waals surface area contributed by atoms with E-state index in [1.807, 2.05) is 50.8 Å². The predicted octanol–water partition coefficient (Wildman–Crippen LogP) is 1.79. The molecule has 0 aliphatic carbocycles. The maximum absolute atomic E-state index is 11.4. The molecule has 1 atom stereocenters. The predicted molar refractivity (Wildman–Crippen MR) is 71.5 cm³/mol. The van der Waals surface area contributed by atoms with Crippen LogP contribution in [0.5, 0.6) is 0 Å². The van der Waals surface area contributed by atoms with Gasteiger partial charge in [-0.3, -0.25) is 0 Å². The van der Waals surface area contributed by atoms with Gasteiger partial charge in [-0.25, -0.2) is 0 Å². The second-order valence-corrected chi connectivity index (χ2v) is 4.22. The fourth-order valence-corrected chi connectivity index (χ4v) is 2.33. The molecule has 1 aliphatic rings. The van der Waals surface area contributed by atoms with E-state index in [4.69, 9.17) is 0 Å². The summed E-state index contributed by atoms with van der Waals surface area (Å²) in [6.07, 6.45) is 3.94. The summed E-state index contributed by atoms with van der Waals surface area (Å²) in [6, 6.07) is 3.96. The van der Waals surface area contributed by atoms with E-state index in [1.165, 1.54) is 0 Å². The number of likely N-dealkylation sites (tertiary alicyclic amines) is 1. The second kappa shape index (κ2) is 5.87. The van der Waals surface area contributed by atoms with Crippen molar-refractivity contribution in [2.75, 3.05) is 32.5 Å². The summed E-state index contributed by atoms with van der Waals surface area (Å²) >= 11 is 0. The first-order valence-electron chi connectivity index (χ1n) is 6.22. The fraction of sp³-hybridized carbons (Fsp3) is 0.615. The summed E-state index contributed by atoms with van der Waals surface area (Å²) in [7, 11) is 3.93. The first-order valence-corrected chi connectivity index (χ1v) is 6.22. The van der Waals surface area contributed by atoms with Crippen LogP contribution in [0.15, 0.2) is 18.3 Å². The van der Waals surface area contributed by atoms with E-state index in [2.05, 4.69) is 10.2 Å². The van der Waals surface area contributed by atoms with Gasteiger partial charge in [-0.05, 0) is 25.6 Å². The maximum atomic E-state index is 11.4. The topological polar surface area (TPSA) is 37.3 Å². The minimum atomic E-state index is -0.378. The van der Waals surface area contributed by atoms with Crippen molar-refractivity contribution in [3.05, 3.63) is 18.3 Å². The third-order valence-electron chi connectivity index (χ3n) is 3.17. The summed E-state index contributed by atoms with van der Waals surface area (Å²) < 4.78 is 2.05. The van der Waals surface area contributed by atoms with Crippen molar-refractivity contribution in [2.45, 2.75) is 25.8 Å². The van der Waals surface area contributed by atoms with Crippen molar-refractivity contribution >= 4 is 12.1 Å². The first kappa shape index (κ1) is 13.8. The van der Waals surface area contributed by atoms with Crippen LogP contribution in [0.3, 0.4) is 0 Å². The zero-order valence-electron chi connectivity index (χ0n) is 11.2. The Balaban J connectivity index is 0.000000686. The van der Waals surface area contributed by atoms with Crippen molar-refractivity contribution in [3.63, 3.8) is 0 Å². The zero-order valence-corrected chi connectivity index (χ0v) is 11.2. The van der Waals surface area contributed by atoms with E-state index in [-0.39, 0.29) is 5.54 Å².